The second-order valence-electron chi connectivity index (χ2n) is 7.22. The van der Waals surface area contributed by atoms with Crippen LogP contribution in [0.4, 0.5) is 5.69 Å². The number of amides is 2. The van der Waals surface area contributed by atoms with Gasteiger partial charge in [0.15, 0.2) is 0 Å². The number of carbonyl (C=O) groups excluding carboxylic acids is 2. The maximum atomic E-state index is 12.4. The standard InChI is InChI=1S/C22H32N4O2/c1-5-10-26(11-6-2)22(28)17-25-14-12-24(13-15-25)16-21(27)23-20-9-7-8-18(3)19(20)4/h5-9H,1-2,10-17H2,3-4H3,(H,23,27). The van der Waals surface area contributed by atoms with Crippen molar-refractivity contribution in [1.82, 2.24) is 14.7 Å². The number of carbonyl (C=O) groups is 2. The summed E-state index contributed by atoms with van der Waals surface area (Å²) in [5, 5.41) is 3.01. The van der Waals surface area contributed by atoms with Gasteiger partial charge >= 0.3 is 0 Å². The van der Waals surface area contributed by atoms with Gasteiger partial charge in [0.05, 0.1) is 13.1 Å². The zero-order valence-electron chi connectivity index (χ0n) is 17.1. The molecular formula is C22H32N4O2. The van der Waals surface area contributed by atoms with Crippen LogP contribution in [-0.2, 0) is 9.59 Å². The van der Waals surface area contributed by atoms with Crippen molar-refractivity contribution in [3.05, 3.63) is 54.6 Å². The first kappa shape index (κ1) is 21.9. The van der Waals surface area contributed by atoms with Crippen molar-refractivity contribution < 1.29 is 9.59 Å². The molecule has 1 aliphatic rings. The Bertz CT molecular complexity index is 698. The average molecular weight is 385 g/mol. The molecule has 1 aliphatic heterocycles. The van der Waals surface area contributed by atoms with E-state index in [1.54, 1.807) is 17.1 Å². The lowest BCUT2D eigenvalue weighted by atomic mass is 10.1. The quantitative estimate of drug-likeness (QED) is 0.662. The Morgan fingerprint density at radius 2 is 1.61 bits per heavy atom. The Hall–Kier alpha value is -2.44. The van der Waals surface area contributed by atoms with Gasteiger partial charge < -0.3 is 10.2 Å². The zero-order valence-corrected chi connectivity index (χ0v) is 17.1. The SMILES string of the molecule is C=CCN(CC=C)C(=O)CN1CCN(CC(=O)Nc2cccc(C)c2C)CC1. The summed E-state index contributed by atoms with van der Waals surface area (Å²) in [6, 6.07) is 5.93. The van der Waals surface area contributed by atoms with Crippen LogP contribution in [0.5, 0.6) is 0 Å². The van der Waals surface area contributed by atoms with Crippen LogP contribution in [0.25, 0.3) is 0 Å². The molecule has 0 saturated carbocycles. The number of benzene rings is 1. The molecule has 0 spiro atoms. The first-order valence-electron chi connectivity index (χ1n) is 9.75. The van der Waals surface area contributed by atoms with Gasteiger partial charge in [0, 0.05) is 45.0 Å². The van der Waals surface area contributed by atoms with Crippen LogP contribution in [0.15, 0.2) is 43.5 Å². The Morgan fingerprint density at radius 3 is 2.18 bits per heavy atom. The Kier molecular flexibility index (Phi) is 8.42. The Balaban J connectivity index is 1.78. The highest BCUT2D eigenvalue weighted by molar-refractivity contribution is 5.93. The summed E-state index contributed by atoms with van der Waals surface area (Å²) in [4.78, 5) is 30.8. The first-order valence-corrected chi connectivity index (χ1v) is 9.75. The van der Waals surface area contributed by atoms with Crippen molar-refractivity contribution in [2.24, 2.45) is 0 Å². The van der Waals surface area contributed by atoms with Gasteiger partial charge in [-0.15, -0.1) is 13.2 Å². The molecule has 28 heavy (non-hydrogen) atoms. The molecule has 0 atom stereocenters. The number of nitrogens with one attached hydrogen (secondary N) is 1. The minimum Gasteiger partial charge on any atom is -0.334 e. The molecule has 6 nitrogen and oxygen atoms in total. The molecule has 152 valence electrons. The molecule has 2 rings (SSSR count). The number of anilines is 1. The van der Waals surface area contributed by atoms with Crippen LogP contribution < -0.4 is 5.32 Å². The van der Waals surface area contributed by atoms with Gasteiger partial charge in [-0.2, -0.15) is 0 Å². The van der Waals surface area contributed by atoms with E-state index in [-0.39, 0.29) is 11.8 Å². The summed E-state index contributed by atoms with van der Waals surface area (Å²) in [5.41, 5.74) is 3.14. The van der Waals surface area contributed by atoms with Gasteiger partial charge in [0.1, 0.15) is 0 Å². The second-order valence-corrected chi connectivity index (χ2v) is 7.22. The van der Waals surface area contributed by atoms with Crippen LogP contribution in [0, 0.1) is 13.8 Å². The molecule has 1 fully saturated rings. The summed E-state index contributed by atoms with van der Waals surface area (Å²) in [5.74, 6) is 0.0854. The normalized spacial score (nSPS) is 15.1. The van der Waals surface area contributed by atoms with Crippen LogP contribution in [0.3, 0.4) is 0 Å². The van der Waals surface area contributed by atoms with Gasteiger partial charge in [-0.3, -0.25) is 19.4 Å². The first-order chi connectivity index (χ1) is 13.4. The van der Waals surface area contributed by atoms with Crippen molar-refractivity contribution in [1.29, 1.82) is 0 Å². The highest BCUT2D eigenvalue weighted by Crippen LogP contribution is 2.17. The van der Waals surface area contributed by atoms with Crippen molar-refractivity contribution in [2.45, 2.75) is 13.8 Å². The van der Waals surface area contributed by atoms with E-state index in [0.29, 0.717) is 26.2 Å². The highest BCUT2D eigenvalue weighted by Gasteiger charge is 2.22. The van der Waals surface area contributed by atoms with Gasteiger partial charge in [0.25, 0.3) is 0 Å². The molecule has 0 bridgehead atoms. The summed E-state index contributed by atoms with van der Waals surface area (Å²) >= 11 is 0. The number of rotatable bonds is 9. The summed E-state index contributed by atoms with van der Waals surface area (Å²) < 4.78 is 0. The number of piperazine rings is 1. The molecule has 1 heterocycles. The molecule has 0 aliphatic carbocycles. The number of hydrogen-bond donors (Lipinski definition) is 1. The van der Waals surface area contributed by atoms with E-state index in [1.807, 2.05) is 32.0 Å². The summed E-state index contributed by atoms with van der Waals surface area (Å²) in [7, 11) is 0. The average Bonchev–Trinajstić information content (AvgIpc) is 2.67. The third kappa shape index (κ3) is 6.32. The van der Waals surface area contributed by atoms with Crippen LogP contribution in [0.1, 0.15) is 11.1 Å². The van der Waals surface area contributed by atoms with Crippen LogP contribution >= 0.6 is 0 Å². The number of aryl methyl sites for hydroxylation is 1. The lowest BCUT2D eigenvalue weighted by molar-refractivity contribution is -0.132. The van der Waals surface area contributed by atoms with E-state index in [4.69, 9.17) is 0 Å². The molecule has 0 radical (unpaired) electrons. The van der Waals surface area contributed by atoms with Gasteiger partial charge in [0.2, 0.25) is 11.8 Å². The lowest BCUT2D eigenvalue weighted by Gasteiger charge is -2.34. The summed E-state index contributed by atoms with van der Waals surface area (Å²) in [6.07, 6.45) is 3.46. The summed E-state index contributed by atoms with van der Waals surface area (Å²) in [6.45, 7) is 16.4. The van der Waals surface area contributed by atoms with Crippen molar-refractivity contribution in [2.75, 3.05) is 57.7 Å². The Morgan fingerprint density at radius 1 is 1.04 bits per heavy atom. The molecular weight excluding hydrogens is 352 g/mol. The zero-order chi connectivity index (χ0) is 20.5. The van der Waals surface area contributed by atoms with Gasteiger partial charge in [-0.05, 0) is 31.0 Å². The predicted octanol–water partition coefficient (Wildman–Crippen LogP) is 2.06. The number of nitrogens with zero attached hydrogens (tertiary/aromatic N) is 3. The molecule has 0 unspecified atom stereocenters. The third-order valence-electron chi connectivity index (χ3n) is 5.12. The molecule has 1 aromatic rings. The van der Waals surface area contributed by atoms with Crippen LogP contribution in [-0.4, -0.2) is 78.9 Å². The largest absolute Gasteiger partial charge is 0.334 e. The van der Waals surface area contributed by atoms with Gasteiger partial charge in [-0.1, -0.05) is 24.3 Å². The fourth-order valence-corrected chi connectivity index (χ4v) is 3.27. The van der Waals surface area contributed by atoms with E-state index >= 15 is 0 Å². The lowest BCUT2D eigenvalue weighted by Crippen LogP contribution is -2.51. The van der Waals surface area contributed by atoms with Crippen molar-refractivity contribution >= 4 is 17.5 Å². The van der Waals surface area contributed by atoms with E-state index < -0.39 is 0 Å². The number of hydrogen-bond acceptors (Lipinski definition) is 4. The fourth-order valence-electron chi connectivity index (χ4n) is 3.27. The van der Waals surface area contributed by atoms with E-state index in [1.165, 1.54) is 0 Å². The molecule has 1 saturated heterocycles. The topological polar surface area (TPSA) is 55.9 Å². The minimum absolute atomic E-state index is 0.00127. The van der Waals surface area contributed by atoms with Gasteiger partial charge in [-0.25, -0.2) is 0 Å². The van der Waals surface area contributed by atoms with E-state index in [0.717, 1.165) is 43.0 Å². The minimum atomic E-state index is 0.00127. The van der Waals surface area contributed by atoms with E-state index in [2.05, 4.69) is 28.3 Å². The Labute approximate surface area is 168 Å². The third-order valence-corrected chi connectivity index (χ3v) is 5.12. The second kappa shape index (κ2) is 10.8. The highest BCUT2D eigenvalue weighted by atomic mass is 16.2. The van der Waals surface area contributed by atoms with Crippen molar-refractivity contribution in [3.8, 4) is 0 Å². The maximum absolute atomic E-state index is 12.4. The van der Waals surface area contributed by atoms with Crippen molar-refractivity contribution in [3.63, 3.8) is 0 Å². The molecule has 2 amide bonds. The van der Waals surface area contributed by atoms with Crippen LogP contribution in [0.2, 0.25) is 0 Å². The fraction of sp³-hybridized carbons (Fsp3) is 0.455. The maximum Gasteiger partial charge on any atom is 0.238 e. The molecule has 1 aromatic carbocycles. The molecule has 0 aromatic heterocycles. The molecule has 6 heteroatoms. The smallest absolute Gasteiger partial charge is 0.238 e. The monoisotopic (exact) mass is 384 g/mol. The predicted molar refractivity (Wildman–Crippen MR) is 114 cm³/mol. The molecule has 1 N–H and O–H groups in total. The van der Waals surface area contributed by atoms with E-state index in [9.17, 15) is 9.59 Å².